The Morgan fingerprint density at radius 2 is 1.81 bits per heavy atom. The molecule has 0 saturated carbocycles. The van der Waals surface area contributed by atoms with E-state index in [9.17, 15) is 0 Å². The SMILES string of the molecule is Cc1ccc(CNCc2ccco2)cc1.[Cl-]. The summed E-state index contributed by atoms with van der Waals surface area (Å²) in [5, 5.41) is 3.33. The lowest BCUT2D eigenvalue weighted by Gasteiger charge is -2.03. The predicted octanol–water partition coefficient (Wildman–Crippen LogP) is -0.118. The van der Waals surface area contributed by atoms with Crippen LogP contribution in [0, 0.1) is 6.92 Å². The minimum Gasteiger partial charge on any atom is -1.00 e. The highest BCUT2D eigenvalue weighted by molar-refractivity contribution is 5.21. The lowest BCUT2D eigenvalue weighted by atomic mass is 10.1. The van der Waals surface area contributed by atoms with E-state index in [-0.39, 0.29) is 12.4 Å². The summed E-state index contributed by atoms with van der Waals surface area (Å²) in [5.41, 5.74) is 2.59. The van der Waals surface area contributed by atoms with Crippen molar-refractivity contribution in [2.75, 3.05) is 0 Å². The smallest absolute Gasteiger partial charge is 0.117 e. The van der Waals surface area contributed by atoms with Gasteiger partial charge in [-0.2, -0.15) is 0 Å². The molecule has 3 heteroatoms. The van der Waals surface area contributed by atoms with E-state index < -0.39 is 0 Å². The minimum absolute atomic E-state index is 0. The summed E-state index contributed by atoms with van der Waals surface area (Å²) < 4.78 is 5.23. The van der Waals surface area contributed by atoms with Crippen molar-refractivity contribution in [2.45, 2.75) is 20.0 Å². The Labute approximate surface area is 102 Å². The summed E-state index contributed by atoms with van der Waals surface area (Å²) in [6.07, 6.45) is 1.70. The molecular formula is C13H15ClNO-. The zero-order valence-corrected chi connectivity index (χ0v) is 10.00. The first-order valence-corrected chi connectivity index (χ1v) is 5.13. The molecule has 0 aliphatic rings. The van der Waals surface area contributed by atoms with Crippen LogP contribution in [0.3, 0.4) is 0 Å². The molecule has 1 aromatic heterocycles. The van der Waals surface area contributed by atoms with Crippen LogP contribution in [0.5, 0.6) is 0 Å². The molecule has 0 atom stereocenters. The molecule has 0 aliphatic carbocycles. The molecule has 0 bridgehead atoms. The zero-order chi connectivity index (χ0) is 10.5. The van der Waals surface area contributed by atoms with Crippen molar-refractivity contribution >= 4 is 0 Å². The molecule has 0 aliphatic heterocycles. The second kappa shape index (κ2) is 6.36. The van der Waals surface area contributed by atoms with Crippen molar-refractivity contribution in [1.29, 1.82) is 0 Å². The van der Waals surface area contributed by atoms with E-state index in [4.69, 9.17) is 4.42 Å². The average Bonchev–Trinajstić information content (AvgIpc) is 2.74. The first kappa shape index (κ1) is 12.8. The van der Waals surface area contributed by atoms with Crippen LogP contribution in [0.15, 0.2) is 47.1 Å². The van der Waals surface area contributed by atoms with Gasteiger partial charge in [0, 0.05) is 6.54 Å². The second-order valence-electron chi connectivity index (χ2n) is 3.67. The fourth-order valence-corrected chi connectivity index (χ4v) is 1.45. The minimum atomic E-state index is 0. The van der Waals surface area contributed by atoms with E-state index in [0.29, 0.717) is 0 Å². The monoisotopic (exact) mass is 236 g/mol. The summed E-state index contributed by atoms with van der Waals surface area (Å²) in [7, 11) is 0. The molecule has 2 nitrogen and oxygen atoms in total. The maximum absolute atomic E-state index is 5.23. The van der Waals surface area contributed by atoms with Crippen LogP contribution in [-0.2, 0) is 13.1 Å². The van der Waals surface area contributed by atoms with Crippen molar-refractivity contribution in [3.8, 4) is 0 Å². The van der Waals surface area contributed by atoms with Crippen LogP contribution in [0.4, 0.5) is 0 Å². The third-order valence-electron chi connectivity index (χ3n) is 2.33. The zero-order valence-electron chi connectivity index (χ0n) is 9.24. The molecular weight excluding hydrogens is 222 g/mol. The number of benzene rings is 1. The van der Waals surface area contributed by atoms with Gasteiger partial charge in [0.15, 0.2) is 0 Å². The van der Waals surface area contributed by atoms with Crippen molar-refractivity contribution in [2.24, 2.45) is 0 Å². The Bertz CT molecular complexity index is 394. The maximum Gasteiger partial charge on any atom is 0.117 e. The van der Waals surface area contributed by atoms with Gasteiger partial charge in [-0.3, -0.25) is 0 Å². The molecule has 0 spiro atoms. The normalized spacial score (nSPS) is 9.81. The molecule has 16 heavy (non-hydrogen) atoms. The number of aryl methyl sites for hydroxylation is 1. The van der Waals surface area contributed by atoms with Crippen molar-refractivity contribution in [1.82, 2.24) is 5.32 Å². The fourth-order valence-electron chi connectivity index (χ4n) is 1.45. The third kappa shape index (κ3) is 3.72. The van der Waals surface area contributed by atoms with E-state index in [2.05, 4.69) is 36.5 Å². The van der Waals surface area contributed by atoms with E-state index in [0.717, 1.165) is 18.8 Å². The Morgan fingerprint density at radius 3 is 2.44 bits per heavy atom. The number of furan rings is 1. The molecule has 1 N–H and O–H groups in total. The van der Waals surface area contributed by atoms with E-state index in [1.165, 1.54) is 11.1 Å². The second-order valence-corrected chi connectivity index (χ2v) is 3.67. The van der Waals surface area contributed by atoms with Gasteiger partial charge >= 0.3 is 0 Å². The van der Waals surface area contributed by atoms with Crippen LogP contribution in [0.2, 0.25) is 0 Å². The summed E-state index contributed by atoms with van der Waals surface area (Å²) in [5.74, 6) is 0.974. The van der Waals surface area contributed by atoms with E-state index in [1.54, 1.807) is 6.26 Å². The van der Waals surface area contributed by atoms with Gasteiger partial charge in [-0.15, -0.1) is 0 Å². The summed E-state index contributed by atoms with van der Waals surface area (Å²) in [6.45, 7) is 3.75. The van der Waals surface area contributed by atoms with Gasteiger partial charge in [-0.25, -0.2) is 0 Å². The van der Waals surface area contributed by atoms with Gasteiger partial charge in [0.1, 0.15) is 5.76 Å². The van der Waals surface area contributed by atoms with Crippen molar-refractivity contribution < 1.29 is 16.8 Å². The lowest BCUT2D eigenvalue weighted by molar-refractivity contribution is -0.00000367. The fraction of sp³-hybridized carbons (Fsp3) is 0.231. The van der Waals surface area contributed by atoms with Gasteiger partial charge in [-0.05, 0) is 24.6 Å². The van der Waals surface area contributed by atoms with Crippen LogP contribution in [-0.4, -0.2) is 0 Å². The summed E-state index contributed by atoms with van der Waals surface area (Å²) >= 11 is 0. The molecule has 0 unspecified atom stereocenters. The number of hydrogen-bond acceptors (Lipinski definition) is 2. The van der Waals surface area contributed by atoms with Gasteiger partial charge in [0.2, 0.25) is 0 Å². The first-order valence-electron chi connectivity index (χ1n) is 5.13. The Kier molecular flexibility index (Phi) is 5.09. The van der Waals surface area contributed by atoms with Gasteiger partial charge in [0.05, 0.1) is 12.8 Å². The number of halogens is 1. The van der Waals surface area contributed by atoms with Crippen LogP contribution < -0.4 is 17.7 Å². The van der Waals surface area contributed by atoms with Crippen molar-refractivity contribution in [3.05, 3.63) is 59.5 Å². The Balaban J connectivity index is 0.00000128. The largest absolute Gasteiger partial charge is 1.00 e. The van der Waals surface area contributed by atoms with Crippen molar-refractivity contribution in [3.63, 3.8) is 0 Å². The topological polar surface area (TPSA) is 25.2 Å². The molecule has 2 aromatic rings. The predicted molar refractivity (Wildman–Crippen MR) is 60.4 cm³/mol. The number of nitrogens with one attached hydrogen (secondary N) is 1. The van der Waals surface area contributed by atoms with Gasteiger partial charge < -0.3 is 22.1 Å². The highest BCUT2D eigenvalue weighted by Crippen LogP contribution is 2.04. The summed E-state index contributed by atoms with van der Waals surface area (Å²) in [4.78, 5) is 0. The standard InChI is InChI=1S/C13H15NO.ClH/c1-11-4-6-12(7-5-11)9-14-10-13-3-2-8-15-13;/h2-8,14H,9-10H2,1H3;1H/p-1. The third-order valence-corrected chi connectivity index (χ3v) is 2.33. The lowest BCUT2D eigenvalue weighted by Crippen LogP contribution is -3.00. The molecule has 86 valence electrons. The molecule has 2 rings (SSSR count). The molecule has 1 heterocycles. The van der Waals surface area contributed by atoms with Crippen LogP contribution in [0.25, 0.3) is 0 Å². The number of hydrogen-bond donors (Lipinski definition) is 1. The quantitative estimate of drug-likeness (QED) is 0.801. The van der Waals surface area contributed by atoms with Gasteiger partial charge in [0.25, 0.3) is 0 Å². The van der Waals surface area contributed by atoms with Gasteiger partial charge in [-0.1, -0.05) is 29.8 Å². The number of rotatable bonds is 4. The Morgan fingerprint density at radius 1 is 1.06 bits per heavy atom. The maximum atomic E-state index is 5.23. The Hall–Kier alpha value is -1.25. The summed E-state index contributed by atoms with van der Waals surface area (Å²) in [6, 6.07) is 12.4. The van der Waals surface area contributed by atoms with Crippen LogP contribution >= 0.6 is 0 Å². The average molecular weight is 237 g/mol. The molecule has 0 radical (unpaired) electrons. The highest BCUT2D eigenvalue weighted by Gasteiger charge is 1.95. The molecule has 0 saturated heterocycles. The molecule has 0 fully saturated rings. The highest BCUT2D eigenvalue weighted by atomic mass is 35.5. The van der Waals surface area contributed by atoms with E-state index in [1.807, 2.05) is 12.1 Å². The first-order chi connectivity index (χ1) is 7.34. The van der Waals surface area contributed by atoms with E-state index >= 15 is 0 Å². The molecule has 1 aromatic carbocycles. The van der Waals surface area contributed by atoms with Crippen LogP contribution in [0.1, 0.15) is 16.9 Å². The molecule has 0 amide bonds.